The Balaban J connectivity index is 0.000000238. The van der Waals surface area contributed by atoms with Crippen molar-refractivity contribution in [2.45, 2.75) is 26.3 Å². The number of benzene rings is 1. The molecule has 0 radical (unpaired) electrons. The molecule has 0 saturated heterocycles. The van der Waals surface area contributed by atoms with E-state index in [4.69, 9.17) is 27.9 Å². The molecule has 0 atom stereocenters. The molecule has 1 aromatic heterocycles. The Hall–Kier alpha value is -1.72. The van der Waals surface area contributed by atoms with E-state index in [0.717, 1.165) is 6.54 Å². The highest BCUT2D eigenvalue weighted by atomic mass is 35.5. The van der Waals surface area contributed by atoms with Crippen molar-refractivity contribution < 1.29 is 19.2 Å². The third kappa shape index (κ3) is 7.90. The van der Waals surface area contributed by atoms with E-state index < -0.39 is 12.6 Å². The second-order valence-corrected chi connectivity index (χ2v) is 5.75. The van der Waals surface area contributed by atoms with Gasteiger partial charge in [-0.2, -0.15) is 0 Å². The van der Waals surface area contributed by atoms with E-state index in [2.05, 4.69) is 34.8 Å². The molecular weight excluding hydrogens is 339 g/mol. The minimum atomic E-state index is -1.30. The fourth-order valence-corrected chi connectivity index (χ4v) is 2.17. The maximum Gasteiger partial charge on any atom is 0.243 e. The number of imidazole rings is 1. The lowest BCUT2D eigenvalue weighted by molar-refractivity contribution is -0.671. The summed E-state index contributed by atoms with van der Waals surface area (Å²) in [5, 5.41) is 10.8. The van der Waals surface area contributed by atoms with E-state index in [1.807, 2.05) is 7.05 Å². The molecule has 0 N–H and O–H groups in total. The molecular formula is C16H20Cl2N2O3. The number of ether oxygens (including phenoxy) is 1. The maximum absolute atomic E-state index is 10.0. The van der Waals surface area contributed by atoms with Crippen LogP contribution in [0.5, 0.6) is 5.75 Å². The number of aliphatic carboxylic acids is 1. The Morgan fingerprint density at radius 2 is 2.13 bits per heavy atom. The average molecular weight is 359 g/mol. The molecule has 0 unspecified atom stereocenters. The van der Waals surface area contributed by atoms with Crippen LogP contribution in [0.25, 0.3) is 0 Å². The smallest absolute Gasteiger partial charge is 0.243 e. The monoisotopic (exact) mass is 358 g/mol. The van der Waals surface area contributed by atoms with Gasteiger partial charge in [0.1, 0.15) is 24.8 Å². The van der Waals surface area contributed by atoms with Crippen LogP contribution in [-0.4, -0.2) is 17.1 Å². The average Bonchev–Trinajstić information content (AvgIpc) is 2.90. The number of nitrogens with zero attached hydrogens (tertiary/aromatic N) is 2. The fraction of sp³-hybridized carbons (Fsp3) is 0.375. The van der Waals surface area contributed by atoms with E-state index in [9.17, 15) is 9.90 Å². The first-order valence-electron chi connectivity index (χ1n) is 7.21. The summed E-state index contributed by atoms with van der Waals surface area (Å²) < 4.78 is 9.08. The Bertz CT molecular complexity index is 630. The standard InChI is InChI=1S/C8H6Cl2O3.C8H15N2/c9-5-1-2-7(6(10)3-5)13-4-8(11)12;1-3-4-5-10-7-6-9(2)8-10/h1-3H,4H2,(H,11,12);6-8H,3-5H2,1-2H3/q;+1/p-1. The highest BCUT2D eigenvalue weighted by Crippen LogP contribution is 2.27. The molecule has 0 bridgehead atoms. The van der Waals surface area contributed by atoms with Crippen molar-refractivity contribution in [1.29, 1.82) is 0 Å². The zero-order valence-corrected chi connectivity index (χ0v) is 14.7. The number of hydrogen-bond acceptors (Lipinski definition) is 3. The molecule has 0 aliphatic rings. The number of carbonyl (C=O) groups excluding carboxylic acids is 1. The van der Waals surface area contributed by atoms with Gasteiger partial charge in [0.15, 0.2) is 0 Å². The van der Waals surface area contributed by atoms with Gasteiger partial charge in [0.25, 0.3) is 0 Å². The number of aromatic nitrogens is 2. The van der Waals surface area contributed by atoms with Crippen LogP contribution in [0.1, 0.15) is 19.8 Å². The largest absolute Gasteiger partial charge is 0.546 e. The van der Waals surface area contributed by atoms with Gasteiger partial charge >= 0.3 is 0 Å². The van der Waals surface area contributed by atoms with Gasteiger partial charge in [-0.25, -0.2) is 9.13 Å². The maximum atomic E-state index is 10.0. The summed E-state index contributed by atoms with van der Waals surface area (Å²) >= 11 is 11.3. The SMILES string of the molecule is CCCCn1cc[n+](C)c1.O=C([O-])COc1ccc(Cl)cc1Cl. The van der Waals surface area contributed by atoms with Crippen LogP contribution in [-0.2, 0) is 18.4 Å². The van der Waals surface area contributed by atoms with Crippen molar-refractivity contribution in [2.24, 2.45) is 7.05 Å². The highest BCUT2D eigenvalue weighted by Gasteiger charge is 2.01. The van der Waals surface area contributed by atoms with Crippen LogP contribution in [0.4, 0.5) is 0 Å². The van der Waals surface area contributed by atoms with Crippen LogP contribution >= 0.6 is 23.2 Å². The summed E-state index contributed by atoms with van der Waals surface area (Å²) in [5.41, 5.74) is 0. The molecule has 0 saturated carbocycles. The molecule has 0 fully saturated rings. The summed E-state index contributed by atoms with van der Waals surface area (Å²) in [5.74, 6) is -1.03. The lowest BCUT2D eigenvalue weighted by Gasteiger charge is -2.07. The summed E-state index contributed by atoms with van der Waals surface area (Å²) in [6.07, 6.45) is 8.82. The molecule has 126 valence electrons. The van der Waals surface area contributed by atoms with Crippen molar-refractivity contribution in [2.75, 3.05) is 6.61 Å². The van der Waals surface area contributed by atoms with Crippen LogP contribution in [0, 0.1) is 0 Å². The van der Waals surface area contributed by atoms with Gasteiger partial charge in [-0.15, -0.1) is 0 Å². The molecule has 0 spiro atoms. The Morgan fingerprint density at radius 1 is 1.39 bits per heavy atom. The second kappa shape index (κ2) is 10.1. The molecule has 1 heterocycles. The minimum Gasteiger partial charge on any atom is -0.546 e. The summed E-state index contributed by atoms with van der Waals surface area (Å²) in [6.45, 7) is 2.84. The lowest BCUT2D eigenvalue weighted by atomic mass is 10.3. The van der Waals surface area contributed by atoms with Crippen molar-refractivity contribution in [1.82, 2.24) is 4.57 Å². The van der Waals surface area contributed by atoms with E-state index in [0.29, 0.717) is 5.02 Å². The minimum absolute atomic E-state index is 0.272. The normalized spacial score (nSPS) is 9.91. The number of hydrogen-bond donors (Lipinski definition) is 0. The zero-order valence-electron chi connectivity index (χ0n) is 13.2. The Labute approximate surface area is 146 Å². The van der Waals surface area contributed by atoms with Gasteiger partial charge in [-0.05, 0) is 24.6 Å². The number of unbranched alkanes of at least 4 members (excludes halogenated alkanes) is 1. The fourth-order valence-electron chi connectivity index (χ4n) is 1.70. The lowest BCUT2D eigenvalue weighted by Crippen LogP contribution is -2.28. The third-order valence-electron chi connectivity index (χ3n) is 2.83. The molecule has 2 rings (SSSR count). The second-order valence-electron chi connectivity index (χ2n) is 4.91. The molecule has 0 aliphatic carbocycles. The van der Waals surface area contributed by atoms with Crippen molar-refractivity contribution in [3.8, 4) is 5.75 Å². The summed E-state index contributed by atoms with van der Waals surface area (Å²) in [4.78, 5) is 10.0. The van der Waals surface area contributed by atoms with E-state index >= 15 is 0 Å². The van der Waals surface area contributed by atoms with Crippen LogP contribution in [0.2, 0.25) is 10.0 Å². The molecule has 7 heteroatoms. The van der Waals surface area contributed by atoms with E-state index in [-0.39, 0.29) is 10.8 Å². The third-order valence-corrected chi connectivity index (χ3v) is 3.36. The van der Waals surface area contributed by atoms with Gasteiger partial charge in [0, 0.05) is 5.02 Å². The van der Waals surface area contributed by atoms with Gasteiger partial charge in [0.2, 0.25) is 6.33 Å². The van der Waals surface area contributed by atoms with Gasteiger partial charge in [0.05, 0.1) is 24.6 Å². The number of rotatable bonds is 6. The summed E-state index contributed by atoms with van der Waals surface area (Å²) in [7, 11) is 2.04. The number of carboxylic acid groups (broad SMARTS) is 1. The molecule has 5 nitrogen and oxygen atoms in total. The predicted molar refractivity (Wildman–Crippen MR) is 87.5 cm³/mol. The molecule has 2 aromatic rings. The topological polar surface area (TPSA) is 58.2 Å². The highest BCUT2D eigenvalue weighted by molar-refractivity contribution is 6.35. The molecule has 0 amide bonds. The van der Waals surface area contributed by atoms with Crippen molar-refractivity contribution >= 4 is 29.2 Å². The Kier molecular flexibility index (Phi) is 8.51. The number of aryl methyl sites for hydroxylation is 2. The zero-order chi connectivity index (χ0) is 17.2. The first-order chi connectivity index (χ1) is 10.9. The number of carbonyl (C=O) groups is 1. The first kappa shape index (κ1) is 19.3. The first-order valence-corrected chi connectivity index (χ1v) is 7.96. The van der Waals surface area contributed by atoms with Crippen molar-refractivity contribution in [3.63, 3.8) is 0 Å². The number of halogens is 2. The van der Waals surface area contributed by atoms with E-state index in [1.54, 1.807) is 6.07 Å². The van der Waals surface area contributed by atoms with Crippen LogP contribution in [0.15, 0.2) is 36.9 Å². The van der Waals surface area contributed by atoms with Crippen LogP contribution < -0.4 is 14.4 Å². The molecule has 0 aliphatic heterocycles. The van der Waals surface area contributed by atoms with Crippen molar-refractivity contribution in [3.05, 3.63) is 47.0 Å². The summed E-state index contributed by atoms with van der Waals surface area (Å²) in [6, 6.07) is 4.51. The number of carboxylic acids is 1. The van der Waals surface area contributed by atoms with Gasteiger partial charge < -0.3 is 14.6 Å². The van der Waals surface area contributed by atoms with Gasteiger partial charge in [-0.3, -0.25) is 0 Å². The molecule has 23 heavy (non-hydrogen) atoms. The van der Waals surface area contributed by atoms with E-state index in [1.165, 1.54) is 25.0 Å². The van der Waals surface area contributed by atoms with Gasteiger partial charge in [-0.1, -0.05) is 36.5 Å². The molecule has 1 aromatic carbocycles. The Morgan fingerprint density at radius 3 is 2.65 bits per heavy atom. The van der Waals surface area contributed by atoms with Crippen LogP contribution in [0.3, 0.4) is 0 Å². The quantitative estimate of drug-likeness (QED) is 0.744. The predicted octanol–water partition coefficient (Wildman–Crippen LogP) is 2.23.